The van der Waals surface area contributed by atoms with Gasteiger partial charge in [-0.3, -0.25) is 9.59 Å². The third-order valence-electron chi connectivity index (χ3n) is 3.77. The van der Waals surface area contributed by atoms with Gasteiger partial charge in [-0.15, -0.1) is 0 Å². The lowest BCUT2D eigenvalue weighted by atomic mass is 10.1. The van der Waals surface area contributed by atoms with E-state index < -0.39 is 21.7 Å². The minimum atomic E-state index is -3.06. The minimum absolute atomic E-state index is 0.0338. The summed E-state index contributed by atoms with van der Waals surface area (Å²) < 4.78 is 27.8. The van der Waals surface area contributed by atoms with Crippen LogP contribution in [-0.4, -0.2) is 56.4 Å². The molecular weight excluding hydrogens is 342 g/mol. The first-order valence-corrected chi connectivity index (χ1v) is 9.33. The van der Waals surface area contributed by atoms with E-state index in [4.69, 9.17) is 16.3 Å². The van der Waals surface area contributed by atoms with Crippen molar-refractivity contribution in [1.82, 2.24) is 4.90 Å². The molecule has 8 heteroatoms. The Bertz CT molecular complexity index is 686. The first kappa shape index (κ1) is 17.7. The zero-order chi connectivity index (χ0) is 17.0. The molecule has 0 N–H and O–H groups in total. The molecule has 1 aliphatic heterocycles. The van der Waals surface area contributed by atoms with Gasteiger partial charge in [0, 0.05) is 18.1 Å². The average molecular weight is 360 g/mol. The Labute approximate surface area is 140 Å². The molecule has 0 unspecified atom stereocenters. The number of rotatable bonds is 5. The van der Waals surface area contributed by atoms with E-state index in [9.17, 15) is 18.0 Å². The van der Waals surface area contributed by atoms with Crippen LogP contribution in [0.15, 0.2) is 24.3 Å². The molecule has 1 aromatic carbocycles. The maximum Gasteiger partial charge on any atom is 0.310 e. The molecule has 6 nitrogen and oxygen atoms in total. The van der Waals surface area contributed by atoms with Crippen LogP contribution in [0.25, 0.3) is 0 Å². The van der Waals surface area contributed by atoms with Crippen LogP contribution >= 0.6 is 11.6 Å². The second-order valence-electron chi connectivity index (χ2n) is 5.53. The van der Waals surface area contributed by atoms with Gasteiger partial charge in [-0.05, 0) is 24.1 Å². The van der Waals surface area contributed by atoms with E-state index in [1.54, 1.807) is 24.3 Å². The minimum Gasteiger partial charge on any atom is -0.455 e. The molecule has 23 heavy (non-hydrogen) atoms. The Morgan fingerprint density at radius 3 is 2.52 bits per heavy atom. The lowest BCUT2D eigenvalue weighted by Crippen LogP contribution is -2.40. The third kappa shape index (κ3) is 5.21. The Hall–Kier alpha value is -1.60. The van der Waals surface area contributed by atoms with E-state index in [2.05, 4.69) is 0 Å². The number of amides is 1. The molecule has 0 aliphatic carbocycles. The SMILES string of the molecule is CN(C(=O)COC(=O)Cc1ccc(Cl)cc1)[C@@H]1CCS(=O)(=O)C1. The molecule has 1 heterocycles. The number of hydrogen-bond donors (Lipinski definition) is 0. The normalized spacial score (nSPS) is 19.3. The topological polar surface area (TPSA) is 80.8 Å². The third-order valence-corrected chi connectivity index (χ3v) is 5.77. The predicted octanol–water partition coefficient (Wildman–Crippen LogP) is 1.07. The van der Waals surface area contributed by atoms with Crippen LogP contribution in [0.5, 0.6) is 0 Å². The van der Waals surface area contributed by atoms with E-state index in [-0.39, 0.29) is 30.6 Å². The maximum absolute atomic E-state index is 12.0. The Balaban J connectivity index is 1.79. The van der Waals surface area contributed by atoms with Gasteiger partial charge in [0.1, 0.15) is 0 Å². The molecule has 0 aromatic heterocycles. The Morgan fingerprint density at radius 1 is 1.30 bits per heavy atom. The summed E-state index contributed by atoms with van der Waals surface area (Å²) in [6.07, 6.45) is 0.468. The van der Waals surface area contributed by atoms with Crippen molar-refractivity contribution in [2.75, 3.05) is 25.2 Å². The predicted molar refractivity (Wildman–Crippen MR) is 85.9 cm³/mol. The molecular formula is C15H18ClNO5S. The standard InChI is InChI=1S/C15H18ClNO5S/c1-17(13-6-7-23(20,21)10-13)14(18)9-22-15(19)8-11-2-4-12(16)5-3-11/h2-5,13H,6-10H2,1H3/t13-/m1/s1. The highest BCUT2D eigenvalue weighted by molar-refractivity contribution is 7.91. The van der Waals surface area contributed by atoms with Gasteiger partial charge in [-0.25, -0.2) is 8.42 Å². The fourth-order valence-corrected chi connectivity index (χ4v) is 4.25. The number of sulfone groups is 1. The summed E-state index contributed by atoms with van der Waals surface area (Å²) >= 11 is 5.76. The molecule has 126 valence electrons. The van der Waals surface area contributed by atoms with Gasteiger partial charge in [0.15, 0.2) is 16.4 Å². The molecule has 1 amide bonds. The van der Waals surface area contributed by atoms with E-state index in [1.165, 1.54) is 11.9 Å². The summed E-state index contributed by atoms with van der Waals surface area (Å²) in [5, 5.41) is 0.574. The van der Waals surface area contributed by atoms with Crippen LogP contribution in [0.2, 0.25) is 5.02 Å². The fraction of sp³-hybridized carbons (Fsp3) is 0.467. The highest BCUT2D eigenvalue weighted by Gasteiger charge is 2.32. The van der Waals surface area contributed by atoms with Crippen molar-refractivity contribution in [3.8, 4) is 0 Å². The number of benzene rings is 1. The van der Waals surface area contributed by atoms with Crippen LogP contribution in [0.3, 0.4) is 0 Å². The van der Waals surface area contributed by atoms with Crippen molar-refractivity contribution in [2.24, 2.45) is 0 Å². The number of carbonyl (C=O) groups is 2. The summed E-state index contributed by atoms with van der Waals surface area (Å²) in [5.41, 5.74) is 0.738. The second-order valence-corrected chi connectivity index (χ2v) is 8.19. The molecule has 0 radical (unpaired) electrons. The molecule has 0 saturated carbocycles. The maximum atomic E-state index is 12.0. The largest absolute Gasteiger partial charge is 0.455 e. The highest BCUT2D eigenvalue weighted by Crippen LogP contribution is 2.16. The van der Waals surface area contributed by atoms with Crippen molar-refractivity contribution < 1.29 is 22.7 Å². The van der Waals surface area contributed by atoms with Crippen molar-refractivity contribution in [3.63, 3.8) is 0 Å². The molecule has 1 aromatic rings. The van der Waals surface area contributed by atoms with Crippen LogP contribution in [-0.2, 0) is 30.6 Å². The molecule has 1 atom stereocenters. The Kier molecular flexibility index (Phi) is 5.64. The van der Waals surface area contributed by atoms with Crippen LogP contribution < -0.4 is 0 Å². The van der Waals surface area contributed by atoms with Gasteiger partial charge in [-0.1, -0.05) is 23.7 Å². The first-order chi connectivity index (χ1) is 10.8. The van der Waals surface area contributed by atoms with Gasteiger partial charge in [-0.2, -0.15) is 0 Å². The molecule has 1 fully saturated rings. The number of ether oxygens (including phenoxy) is 1. The monoisotopic (exact) mass is 359 g/mol. The average Bonchev–Trinajstić information content (AvgIpc) is 2.86. The lowest BCUT2D eigenvalue weighted by molar-refractivity contribution is -0.151. The van der Waals surface area contributed by atoms with Gasteiger partial charge in [0.25, 0.3) is 5.91 Å². The fourth-order valence-electron chi connectivity index (χ4n) is 2.35. The molecule has 1 saturated heterocycles. The van der Waals surface area contributed by atoms with Crippen molar-refractivity contribution in [3.05, 3.63) is 34.9 Å². The number of nitrogens with zero attached hydrogens (tertiary/aromatic N) is 1. The quantitative estimate of drug-likeness (QED) is 0.735. The smallest absolute Gasteiger partial charge is 0.310 e. The molecule has 1 aliphatic rings. The number of likely N-dealkylation sites (N-methyl/N-ethyl adjacent to an activating group) is 1. The summed E-state index contributed by atoms with van der Waals surface area (Å²) in [5.74, 6) is -0.871. The van der Waals surface area contributed by atoms with Gasteiger partial charge >= 0.3 is 5.97 Å². The van der Waals surface area contributed by atoms with Gasteiger partial charge < -0.3 is 9.64 Å². The van der Waals surface area contributed by atoms with Gasteiger partial charge in [0.05, 0.1) is 17.9 Å². The van der Waals surface area contributed by atoms with E-state index in [1.807, 2.05) is 0 Å². The number of carbonyl (C=O) groups excluding carboxylic acids is 2. The summed E-state index contributed by atoms with van der Waals surface area (Å²) in [6, 6.07) is 6.41. The van der Waals surface area contributed by atoms with E-state index >= 15 is 0 Å². The molecule has 0 spiro atoms. The molecule has 0 bridgehead atoms. The Morgan fingerprint density at radius 2 is 1.96 bits per heavy atom. The highest BCUT2D eigenvalue weighted by atomic mass is 35.5. The van der Waals surface area contributed by atoms with Crippen LogP contribution in [0, 0.1) is 0 Å². The van der Waals surface area contributed by atoms with Crippen LogP contribution in [0.1, 0.15) is 12.0 Å². The number of hydrogen-bond acceptors (Lipinski definition) is 5. The number of esters is 1. The lowest BCUT2D eigenvalue weighted by Gasteiger charge is -2.23. The van der Waals surface area contributed by atoms with Crippen LogP contribution in [0.4, 0.5) is 0 Å². The molecule has 2 rings (SSSR count). The summed E-state index contributed by atoms with van der Waals surface area (Å²) in [6.45, 7) is -0.389. The van der Waals surface area contributed by atoms with E-state index in [0.29, 0.717) is 11.4 Å². The van der Waals surface area contributed by atoms with Gasteiger partial charge in [0.2, 0.25) is 0 Å². The second kappa shape index (κ2) is 7.31. The van der Waals surface area contributed by atoms with Crippen molar-refractivity contribution >= 4 is 33.3 Å². The summed E-state index contributed by atoms with van der Waals surface area (Å²) in [4.78, 5) is 25.1. The first-order valence-electron chi connectivity index (χ1n) is 7.13. The zero-order valence-electron chi connectivity index (χ0n) is 12.7. The number of halogens is 1. The van der Waals surface area contributed by atoms with Crippen molar-refractivity contribution in [2.45, 2.75) is 18.9 Å². The summed E-state index contributed by atoms with van der Waals surface area (Å²) in [7, 11) is -1.53. The zero-order valence-corrected chi connectivity index (χ0v) is 14.3. The van der Waals surface area contributed by atoms with E-state index in [0.717, 1.165) is 5.56 Å². The van der Waals surface area contributed by atoms with Crippen molar-refractivity contribution in [1.29, 1.82) is 0 Å².